The van der Waals surface area contributed by atoms with Crippen molar-refractivity contribution in [3.05, 3.63) is 18.2 Å². The summed E-state index contributed by atoms with van der Waals surface area (Å²) in [6, 6.07) is 4.98. The van der Waals surface area contributed by atoms with Crippen LogP contribution in [0.4, 0.5) is 11.4 Å². The van der Waals surface area contributed by atoms with Crippen LogP contribution in [0.2, 0.25) is 0 Å². The molecule has 3 N–H and O–H groups in total. The highest BCUT2D eigenvalue weighted by atomic mass is 32.2. The Morgan fingerprint density at radius 3 is 2.50 bits per heavy atom. The van der Waals surface area contributed by atoms with Gasteiger partial charge < -0.3 is 15.8 Å². The number of carbonyl (C=O) groups excluding carboxylic acids is 1. The zero-order valence-electron chi connectivity index (χ0n) is 12.5. The van der Waals surface area contributed by atoms with Crippen molar-refractivity contribution in [2.24, 2.45) is 0 Å². The van der Waals surface area contributed by atoms with Crippen LogP contribution >= 0.6 is 0 Å². The second-order valence-electron chi connectivity index (χ2n) is 5.50. The highest BCUT2D eigenvalue weighted by Gasteiger charge is 2.30. The van der Waals surface area contributed by atoms with Gasteiger partial charge in [0.1, 0.15) is 11.0 Å². The predicted molar refractivity (Wildman–Crippen MR) is 83.4 cm³/mol. The van der Waals surface area contributed by atoms with E-state index in [1.54, 1.807) is 25.1 Å². The third-order valence-electron chi connectivity index (χ3n) is 2.78. The van der Waals surface area contributed by atoms with E-state index in [4.69, 9.17) is 10.5 Å². The molecule has 2 unspecified atom stereocenters. The molecule has 0 heterocycles. The molecule has 6 heteroatoms. The van der Waals surface area contributed by atoms with E-state index in [1.807, 2.05) is 20.8 Å². The van der Waals surface area contributed by atoms with Crippen LogP contribution in [0.3, 0.4) is 0 Å². The highest BCUT2D eigenvalue weighted by Crippen LogP contribution is 2.27. The Labute approximate surface area is 122 Å². The Morgan fingerprint density at radius 1 is 1.40 bits per heavy atom. The number of nitrogens with one attached hydrogen (secondary N) is 1. The van der Waals surface area contributed by atoms with Crippen LogP contribution in [0.25, 0.3) is 0 Å². The second-order valence-corrected chi connectivity index (χ2v) is 8.03. The Hall–Kier alpha value is -1.56. The summed E-state index contributed by atoms with van der Waals surface area (Å²) < 4.78 is 16.9. The Morgan fingerprint density at radius 2 is 2.00 bits per heavy atom. The summed E-state index contributed by atoms with van der Waals surface area (Å²) in [5.41, 5.74) is 6.70. The number of methoxy groups -OCH3 is 1. The van der Waals surface area contributed by atoms with Gasteiger partial charge in [0.2, 0.25) is 5.91 Å². The molecule has 112 valence electrons. The molecule has 5 nitrogen and oxygen atoms in total. The molecule has 0 fully saturated rings. The molecule has 0 spiro atoms. The number of carbonyl (C=O) groups is 1. The molecule has 0 aliphatic carbocycles. The highest BCUT2D eigenvalue weighted by molar-refractivity contribution is 7.87. The van der Waals surface area contributed by atoms with E-state index in [2.05, 4.69) is 5.32 Å². The fourth-order valence-corrected chi connectivity index (χ4v) is 3.00. The number of hydrogen-bond acceptors (Lipinski definition) is 4. The van der Waals surface area contributed by atoms with Crippen molar-refractivity contribution in [2.45, 2.75) is 37.7 Å². The van der Waals surface area contributed by atoms with Crippen molar-refractivity contribution in [2.75, 3.05) is 18.2 Å². The van der Waals surface area contributed by atoms with Crippen LogP contribution in [-0.2, 0) is 15.6 Å². The summed E-state index contributed by atoms with van der Waals surface area (Å²) in [7, 11) is 0.228. The van der Waals surface area contributed by atoms with Crippen LogP contribution in [-0.4, -0.2) is 27.2 Å². The second kappa shape index (κ2) is 6.26. The van der Waals surface area contributed by atoms with E-state index < -0.39 is 20.8 Å². The molecule has 1 aromatic carbocycles. The molecular formula is C14H22N2O3S. The van der Waals surface area contributed by atoms with Crippen LogP contribution < -0.4 is 15.8 Å². The molecule has 1 aromatic rings. The van der Waals surface area contributed by atoms with Gasteiger partial charge in [-0.2, -0.15) is 0 Å². The normalized spacial score (nSPS) is 14.4. The van der Waals surface area contributed by atoms with Gasteiger partial charge in [0.15, 0.2) is 0 Å². The Bertz CT molecular complexity index is 524. The van der Waals surface area contributed by atoms with E-state index in [0.29, 0.717) is 17.1 Å². The van der Waals surface area contributed by atoms with Crippen molar-refractivity contribution < 1.29 is 13.7 Å². The van der Waals surface area contributed by atoms with Crippen molar-refractivity contribution in [1.82, 2.24) is 0 Å². The van der Waals surface area contributed by atoms with E-state index in [1.165, 1.54) is 7.11 Å². The molecule has 20 heavy (non-hydrogen) atoms. The van der Waals surface area contributed by atoms with Gasteiger partial charge in [0.05, 0.1) is 12.8 Å². The van der Waals surface area contributed by atoms with Gasteiger partial charge in [0.25, 0.3) is 0 Å². The lowest BCUT2D eigenvalue weighted by molar-refractivity contribution is -0.115. The van der Waals surface area contributed by atoms with Gasteiger partial charge in [-0.3, -0.25) is 9.00 Å². The van der Waals surface area contributed by atoms with E-state index in [9.17, 15) is 9.00 Å². The number of nitrogen functional groups attached to an aromatic ring is 1. The van der Waals surface area contributed by atoms with Crippen molar-refractivity contribution in [3.63, 3.8) is 0 Å². The molecule has 2 atom stereocenters. The summed E-state index contributed by atoms with van der Waals surface area (Å²) in [6.45, 7) is 7.17. The minimum atomic E-state index is -1.28. The zero-order valence-corrected chi connectivity index (χ0v) is 13.3. The van der Waals surface area contributed by atoms with Crippen LogP contribution in [0, 0.1) is 0 Å². The number of anilines is 2. The third-order valence-corrected chi connectivity index (χ3v) is 4.84. The maximum Gasteiger partial charge on any atom is 0.239 e. The predicted octanol–water partition coefficient (Wildman–Crippen LogP) is 2.15. The number of benzene rings is 1. The quantitative estimate of drug-likeness (QED) is 0.835. The molecule has 0 aliphatic rings. The molecule has 0 aromatic heterocycles. The number of nitrogens with two attached hydrogens (primary N) is 1. The van der Waals surface area contributed by atoms with Gasteiger partial charge in [-0.25, -0.2) is 0 Å². The van der Waals surface area contributed by atoms with E-state index in [-0.39, 0.29) is 5.91 Å². The average Bonchev–Trinajstić information content (AvgIpc) is 2.36. The van der Waals surface area contributed by atoms with Gasteiger partial charge in [-0.1, -0.05) is 0 Å². The fraction of sp³-hybridized carbons (Fsp3) is 0.500. The van der Waals surface area contributed by atoms with Crippen LogP contribution in [0.15, 0.2) is 18.2 Å². The fourth-order valence-electron chi connectivity index (χ4n) is 1.69. The van der Waals surface area contributed by atoms with E-state index >= 15 is 0 Å². The maximum atomic E-state index is 12.2. The molecular weight excluding hydrogens is 276 g/mol. The standard InChI is InChI=1S/C14H22N2O3S/c1-9(20(18)14(2,3)4)13(17)16-11-8-10(15)6-7-12(11)19-5/h6-9H,15H2,1-5H3,(H,16,17). The van der Waals surface area contributed by atoms with Crippen LogP contribution in [0.5, 0.6) is 5.75 Å². The lowest BCUT2D eigenvalue weighted by atomic mass is 10.2. The number of amides is 1. The monoisotopic (exact) mass is 298 g/mol. The summed E-state index contributed by atoms with van der Waals surface area (Å²) in [6.07, 6.45) is 0. The van der Waals surface area contributed by atoms with Gasteiger partial charge in [-0.15, -0.1) is 0 Å². The Balaban J connectivity index is 2.91. The smallest absolute Gasteiger partial charge is 0.239 e. The molecule has 0 radical (unpaired) electrons. The first-order valence-electron chi connectivity index (χ1n) is 6.32. The molecule has 0 bridgehead atoms. The van der Waals surface area contributed by atoms with Crippen molar-refractivity contribution in [3.8, 4) is 5.75 Å². The van der Waals surface area contributed by atoms with Crippen molar-refractivity contribution >= 4 is 28.1 Å². The van der Waals surface area contributed by atoms with Gasteiger partial charge in [0, 0.05) is 21.2 Å². The third kappa shape index (κ3) is 3.96. The maximum absolute atomic E-state index is 12.2. The summed E-state index contributed by atoms with van der Waals surface area (Å²) in [5, 5.41) is 2.09. The largest absolute Gasteiger partial charge is 0.495 e. The first-order chi connectivity index (χ1) is 9.16. The minimum Gasteiger partial charge on any atom is -0.495 e. The molecule has 1 rings (SSSR count). The number of ether oxygens (including phenoxy) is 1. The van der Waals surface area contributed by atoms with Crippen LogP contribution in [0.1, 0.15) is 27.7 Å². The molecule has 0 aliphatic heterocycles. The summed E-state index contributed by atoms with van der Waals surface area (Å²) in [4.78, 5) is 12.2. The summed E-state index contributed by atoms with van der Waals surface area (Å²) >= 11 is 0. The first-order valence-corrected chi connectivity index (χ1v) is 7.53. The van der Waals surface area contributed by atoms with E-state index in [0.717, 1.165) is 0 Å². The Kier molecular flexibility index (Phi) is 5.16. The topological polar surface area (TPSA) is 81.4 Å². The molecule has 0 saturated carbocycles. The SMILES string of the molecule is COc1ccc(N)cc1NC(=O)C(C)S(=O)C(C)(C)C. The minimum absolute atomic E-state index is 0.317. The zero-order chi connectivity index (χ0) is 15.5. The lowest BCUT2D eigenvalue weighted by Gasteiger charge is -2.22. The number of hydrogen-bond donors (Lipinski definition) is 2. The molecule has 1 amide bonds. The molecule has 0 saturated heterocycles. The van der Waals surface area contributed by atoms with Gasteiger partial charge >= 0.3 is 0 Å². The first kappa shape index (κ1) is 16.5. The average molecular weight is 298 g/mol. The summed E-state index contributed by atoms with van der Waals surface area (Å²) in [5.74, 6) is 0.198. The lowest BCUT2D eigenvalue weighted by Crippen LogP contribution is -2.37. The number of rotatable bonds is 4. The van der Waals surface area contributed by atoms with Crippen molar-refractivity contribution in [1.29, 1.82) is 0 Å². The van der Waals surface area contributed by atoms with Gasteiger partial charge in [-0.05, 0) is 45.9 Å².